The van der Waals surface area contributed by atoms with Crippen LogP contribution in [0, 0.1) is 29.3 Å². The molecule has 0 saturated carbocycles. The van der Waals surface area contributed by atoms with Gasteiger partial charge in [-0.15, -0.1) is 0 Å². The number of aromatic nitrogens is 1. The summed E-state index contributed by atoms with van der Waals surface area (Å²) in [5.74, 6) is -6.06. The fraction of sp³-hybridized carbons (Fsp3) is 0.400. The average molecular weight is 439 g/mol. The van der Waals surface area contributed by atoms with Crippen molar-refractivity contribution < 1.29 is 27.6 Å². The third-order valence-electron chi connectivity index (χ3n) is 4.99. The van der Waals surface area contributed by atoms with Crippen LogP contribution in [0.1, 0.15) is 47.6 Å². The Morgan fingerprint density at radius 2 is 1.90 bits per heavy atom. The first-order chi connectivity index (χ1) is 14.2. The van der Waals surface area contributed by atoms with Gasteiger partial charge in [0.1, 0.15) is 0 Å². The fourth-order valence-electron chi connectivity index (χ4n) is 3.03. The number of carbonyl (C=O) groups is 3. The number of rotatable bonds is 6. The highest BCUT2D eigenvalue weighted by Crippen LogP contribution is 2.32. The Hall–Kier alpha value is -2.75. The van der Waals surface area contributed by atoms with Crippen LogP contribution in [-0.4, -0.2) is 22.6 Å². The van der Waals surface area contributed by atoms with Crippen molar-refractivity contribution in [1.82, 2.24) is 10.3 Å². The van der Waals surface area contributed by atoms with Gasteiger partial charge in [-0.05, 0) is 24.1 Å². The summed E-state index contributed by atoms with van der Waals surface area (Å²) >= 11 is 1.09. The molecule has 0 radical (unpaired) electrons. The number of nitrogens with one attached hydrogen (secondary N) is 2. The topological polar surface area (TPSA) is 88.2 Å². The number of amides is 2. The molecule has 6 nitrogen and oxygen atoms in total. The first-order valence-electron chi connectivity index (χ1n) is 9.44. The third kappa shape index (κ3) is 4.69. The summed E-state index contributed by atoms with van der Waals surface area (Å²) in [5.41, 5.74) is 0.501. The highest BCUT2D eigenvalue weighted by molar-refractivity contribution is 7.17. The molecule has 2 unspecified atom stereocenters. The van der Waals surface area contributed by atoms with E-state index in [4.69, 9.17) is 0 Å². The number of thiazole rings is 1. The number of hydrogen-bond acceptors (Lipinski definition) is 5. The van der Waals surface area contributed by atoms with Crippen LogP contribution in [0.2, 0.25) is 0 Å². The van der Waals surface area contributed by atoms with Gasteiger partial charge in [0, 0.05) is 25.3 Å². The van der Waals surface area contributed by atoms with E-state index in [2.05, 4.69) is 15.6 Å². The third-order valence-corrected chi connectivity index (χ3v) is 6.05. The quantitative estimate of drug-likeness (QED) is 0.673. The van der Waals surface area contributed by atoms with E-state index < -0.39 is 29.3 Å². The minimum absolute atomic E-state index is 0.0358. The zero-order valence-electron chi connectivity index (χ0n) is 16.4. The lowest BCUT2D eigenvalue weighted by Gasteiger charge is -2.19. The molecule has 0 spiro atoms. The van der Waals surface area contributed by atoms with Crippen molar-refractivity contribution >= 4 is 34.1 Å². The molecule has 0 fully saturated rings. The second kappa shape index (κ2) is 8.95. The van der Waals surface area contributed by atoms with E-state index in [1.54, 1.807) is 6.92 Å². The molecule has 1 aromatic carbocycles. The van der Waals surface area contributed by atoms with Crippen LogP contribution in [0.5, 0.6) is 0 Å². The van der Waals surface area contributed by atoms with Crippen LogP contribution in [0.3, 0.4) is 0 Å². The Bertz CT molecular complexity index is 985. The minimum Gasteiger partial charge on any atom is -0.352 e. The summed E-state index contributed by atoms with van der Waals surface area (Å²) in [6, 6.07) is 1.60. The molecule has 1 heterocycles. The molecule has 160 valence electrons. The summed E-state index contributed by atoms with van der Waals surface area (Å²) in [4.78, 5) is 41.6. The maximum absolute atomic E-state index is 13.3. The van der Waals surface area contributed by atoms with Crippen LogP contribution in [0.15, 0.2) is 12.1 Å². The van der Waals surface area contributed by atoms with Gasteiger partial charge in [0.2, 0.25) is 11.8 Å². The van der Waals surface area contributed by atoms with Gasteiger partial charge in [0.05, 0.1) is 16.5 Å². The molecular formula is C20H20F3N3O3S. The number of nitrogens with zero attached hydrogens (tertiary/aromatic N) is 1. The molecule has 2 atom stereocenters. The van der Waals surface area contributed by atoms with Gasteiger partial charge in [-0.25, -0.2) is 18.2 Å². The van der Waals surface area contributed by atoms with Crippen molar-refractivity contribution in [3.8, 4) is 0 Å². The minimum atomic E-state index is -1.57. The second-order valence-corrected chi connectivity index (χ2v) is 8.21. The Morgan fingerprint density at radius 1 is 1.23 bits per heavy atom. The Morgan fingerprint density at radius 3 is 2.53 bits per heavy atom. The monoisotopic (exact) mass is 439 g/mol. The summed E-state index contributed by atoms with van der Waals surface area (Å²) in [6.45, 7) is 3.46. The maximum Gasteiger partial charge on any atom is 0.228 e. The Labute approximate surface area is 174 Å². The van der Waals surface area contributed by atoms with Crippen LogP contribution in [0.4, 0.5) is 18.3 Å². The molecular weight excluding hydrogens is 419 g/mol. The van der Waals surface area contributed by atoms with Gasteiger partial charge in [0.15, 0.2) is 28.4 Å². The lowest BCUT2D eigenvalue weighted by atomic mass is 9.89. The molecule has 1 aromatic heterocycles. The SMILES string of the molecule is CCC(C)C(=O)Nc1nc2c(s1)C(=O)CC(C(=O)NCc1cc(F)c(F)c(F)c1)C2. The maximum atomic E-state index is 13.3. The zero-order chi connectivity index (χ0) is 22.0. The predicted molar refractivity (Wildman–Crippen MR) is 105 cm³/mol. The van der Waals surface area contributed by atoms with Gasteiger partial charge < -0.3 is 10.6 Å². The summed E-state index contributed by atoms with van der Waals surface area (Å²) in [6.07, 6.45) is 0.834. The lowest BCUT2D eigenvalue weighted by molar-refractivity contribution is -0.125. The molecule has 0 bridgehead atoms. The Kier molecular flexibility index (Phi) is 6.55. The van der Waals surface area contributed by atoms with E-state index >= 15 is 0 Å². The van der Waals surface area contributed by atoms with Gasteiger partial charge in [-0.1, -0.05) is 25.2 Å². The molecule has 30 heavy (non-hydrogen) atoms. The molecule has 1 aliphatic rings. The molecule has 2 N–H and O–H groups in total. The molecule has 2 amide bonds. The zero-order valence-corrected chi connectivity index (χ0v) is 17.2. The fourth-order valence-corrected chi connectivity index (χ4v) is 3.97. The molecule has 0 aliphatic heterocycles. The number of carbonyl (C=O) groups excluding carboxylic acids is 3. The van der Waals surface area contributed by atoms with E-state index in [0.29, 0.717) is 22.1 Å². The molecule has 10 heteroatoms. The molecule has 2 aromatic rings. The molecule has 0 saturated heterocycles. The van der Waals surface area contributed by atoms with Crippen molar-refractivity contribution in [3.05, 3.63) is 45.7 Å². The number of anilines is 1. The van der Waals surface area contributed by atoms with Gasteiger partial charge in [-0.3, -0.25) is 14.4 Å². The highest BCUT2D eigenvalue weighted by Gasteiger charge is 2.33. The first-order valence-corrected chi connectivity index (χ1v) is 10.3. The average Bonchev–Trinajstić information content (AvgIpc) is 3.12. The van der Waals surface area contributed by atoms with Crippen LogP contribution >= 0.6 is 11.3 Å². The van der Waals surface area contributed by atoms with Crippen molar-refractivity contribution in [1.29, 1.82) is 0 Å². The van der Waals surface area contributed by atoms with Crippen LogP contribution in [-0.2, 0) is 22.6 Å². The van der Waals surface area contributed by atoms with Crippen molar-refractivity contribution in [2.75, 3.05) is 5.32 Å². The number of halogens is 3. The van der Waals surface area contributed by atoms with Crippen molar-refractivity contribution in [2.45, 2.75) is 39.7 Å². The van der Waals surface area contributed by atoms with E-state index in [9.17, 15) is 27.6 Å². The van der Waals surface area contributed by atoms with Crippen LogP contribution < -0.4 is 10.6 Å². The van der Waals surface area contributed by atoms with E-state index in [0.717, 1.165) is 23.5 Å². The van der Waals surface area contributed by atoms with Crippen LogP contribution in [0.25, 0.3) is 0 Å². The van der Waals surface area contributed by atoms with Crippen molar-refractivity contribution in [3.63, 3.8) is 0 Å². The first kappa shape index (κ1) is 21.9. The second-order valence-electron chi connectivity index (χ2n) is 7.21. The summed E-state index contributed by atoms with van der Waals surface area (Å²) in [7, 11) is 0. The van der Waals surface area contributed by atoms with Gasteiger partial charge in [-0.2, -0.15) is 0 Å². The van der Waals surface area contributed by atoms with Crippen molar-refractivity contribution in [2.24, 2.45) is 11.8 Å². The molecule has 1 aliphatic carbocycles. The predicted octanol–water partition coefficient (Wildman–Crippen LogP) is 3.61. The summed E-state index contributed by atoms with van der Waals surface area (Å²) < 4.78 is 39.6. The lowest BCUT2D eigenvalue weighted by Crippen LogP contribution is -2.35. The summed E-state index contributed by atoms with van der Waals surface area (Å²) in [5, 5.41) is 5.52. The normalized spacial score (nSPS) is 16.7. The largest absolute Gasteiger partial charge is 0.352 e. The molecule has 3 rings (SSSR count). The number of Topliss-reactive ketones (excluding diaryl/α,β-unsaturated/α-hetero) is 1. The van der Waals surface area contributed by atoms with E-state index in [1.807, 2.05) is 6.92 Å². The smallest absolute Gasteiger partial charge is 0.228 e. The number of ketones is 1. The number of hydrogen-bond donors (Lipinski definition) is 2. The van der Waals surface area contributed by atoms with Gasteiger partial charge in [0.25, 0.3) is 0 Å². The number of benzene rings is 1. The van der Waals surface area contributed by atoms with E-state index in [-0.39, 0.29) is 42.6 Å². The number of fused-ring (bicyclic) bond motifs is 1. The Balaban J connectivity index is 1.65. The van der Waals surface area contributed by atoms with E-state index in [1.165, 1.54) is 0 Å². The van der Waals surface area contributed by atoms with Gasteiger partial charge >= 0.3 is 0 Å². The standard InChI is InChI=1S/C20H20F3N3O3S/c1-3-9(2)18(28)26-20-25-14-6-11(7-15(27)17(14)30-20)19(29)24-8-10-4-12(21)16(23)13(22)5-10/h4-5,9,11H,3,6-8H2,1-2H3,(H,24,29)(H,25,26,28). The highest BCUT2D eigenvalue weighted by atomic mass is 32.1.